The average molecular weight is 572 g/mol. The number of rotatable bonds is 12. The SMILES string of the molecule is Cc1c(COc2ccc(CNC(C=O)c3ccccc3)c(OCC3=CC(=N)/C(=N\O)C=C3)c2)cccc1-c1ccccc1. The Bertz CT molecular complexity index is 1680. The van der Waals surface area contributed by atoms with Gasteiger partial charge in [0.15, 0.2) is 0 Å². The summed E-state index contributed by atoms with van der Waals surface area (Å²) in [4.78, 5) is 11.9. The lowest BCUT2D eigenvalue weighted by Crippen LogP contribution is -2.22. The molecule has 0 aromatic heterocycles. The number of carbonyl (C=O) groups is 1. The van der Waals surface area contributed by atoms with Crippen molar-refractivity contribution < 1.29 is 19.5 Å². The Hall–Kier alpha value is -5.27. The Morgan fingerprint density at radius 3 is 2.37 bits per heavy atom. The Morgan fingerprint density at radius 1 is 0.884 bits per heavy atom. The third kappa shape index (κ3) is 7.33. The predicted octanol–water partition coefficient (Wildman–Crippen LogP) is 7.00. The molecule has 0 saturated heterocycles. The molecule has 0 spiro atoms. The highest BCUT2D eigenvalue weighted by molar-refractivity contribution is 6.50. The summed E-state index contributed by atoms with van der Waals surface area (Å²) in [6.45, 7) is 3.08. The number of benzene rings is 4. The fourth-order valence-corrected chi connectivity index (χ4v) is 4.88. The van der Waals surface area contributed by atoms with Crippen molar-refractivity contribution in [3.8, 4) is 22.6 Å². The molecule has 4 aromatic rings. The normalized spacial score (nSPS) is 14.3. The number of aldehydes is 1. The van der Waals surface area contributed by atoms with Gasteiger partial charge >= 0.3 is 0 Å². The highest BCUT2D eigenvalue weighted by Gasteiger charge is 2.15. The Labute approximate surface area is 251 Å². The van der Waals surface area contributed by atoms with Crippen LogP contribution in [0.5, 0.6) is 11.5 Å². The summed E-state index contributed by atoms with van der Waals surface area (Å²) in [6.07, 6.45) is 5.82. The minimum atomic E-state index is -0.467. The van der Waals surface area contributed by atoms with E-state index >= 15 is 0 Å². The quantitative estimate of drug-likeness (QED) is 0.0736. The molecule has 4 aromatic carbocycles. The number of hydrogen-bond acceptors (Lipinski definition) is 7. The minimum absolute atomic E-state index is 0.104. The van der Waals surface area contributed by atoms with Crippen molar-refractivity contribution >= 4 is 17.7 Å². The summed E-state index contributed by atoms with van der Waals surface area (Å²) in [6, 6.07) is 31.3. The number of hydrogen-bond donors (Lipinski definition) is 3. The molecule has 1 aliphatic rings. The molecule has 0 amide bonds. The molecule has 0 heterocycles. The van der Waals surface area contributed by atoms with Crippen molar-refractivity contribution in [2.24, 2.45) is 5.16 Å². The molecule has 1 aliphatic carbocycles. The zero-order chi connectivity index (χ0) is 30.0. The van der Waals surface area contributed by atoms with Crippen LogP contribution in [0.2, 0.25) is 0 Å². The van der Waals surface area contributed by atoms with Crippen molar-refractivity contribution in [1.82, 2.24) is 5.32 Å². The molecule has 216 valence electrons. The van der Waals surface area contributed by atoms with Gasteiger partial charge in [0.05, 0.1) is 11.8 Å². The molecule has 0 radical (unpaired) electrons. The molecule has 0 saturated carbocycles. The van der Waals surface area contributed by atoms with Gasteiger partial charge in [-0.05, 0) is 58.5 Å². The monoisotopic (exact) mass is 571 g/mol. The first-order valence-electron chi connectivity index (χ1n) is 14.0. The zero-order valence-electron chi connectivity index (χ0n) is 23.9. The molecule has 0 bridgehead atoms. The molecule has 7 nitrogen and oxygen atoms in total. The Morgan fingerprint density at radius 2 is 1.65 bits per heavy atom. The molecule has 0 fully saturated rings. The second-order valence-electron chi connectivity index (χ2n) is 10.2. The molecule has 3 N–H and O–H groups in total. The van der Waals surface area contributed by atoms with E-state index in [1.165, 1.54) is 5.56 Å². The number of carbonyl (C=O) groups excluding carboxylic acids is 1. The number of nitrogens with zero attached hydrogens (tertiary/aromatic N) is 1. The molecule has 1 atom stereocenters. The maximum atomic E-state index is 11.9. The fraction of sp³-hybridized carbons (Fsp3) is 0.139. The second-order valence-corrected chi connectivity index (χ2v) is 10.2. The summed E-state index contributed by atoms with van der Waals surface area (Å²) in [7, 11) is 0. The van der Waals surface area contributed by atoms with Gasteiger partial charge in [-0.15, -0.1) is 0 Å². The van der Waals surface area contributed by atoms with Gasteiger partial charge in [-0.3, -0.25) is 10.7 Å². The van der Waals surface area contributed by atoms with E-state index in [4.69, 9.17) is 20.1 Å². The van der Waals surface area contributed by atoms with Gasteiger partial charge in [0.2, 0.25) is 0 Å². The summed E-state index contributed by atoms with van der Waals surface area (Å²) in [5, 5.41) is 23.5. The molecular weight excluding hydrogens is 538 g/mol. The van der Waals surface area contributed by atoms with E-state index in [-0.39, 0.29) is 18.0 Å². The topological polar surface area (TPSA) is 104 Å². The van der Waals surface area contributed by atoms with Crippen LogP contribution in [0.1, 0.15) is 28.3 Å². The molecule has 1 unspecified atom stereocenters. The van der Waals surface area contributed by atoms with Crippen LogP contribution in [0.3, 0.4) is 0 Å². The van der Waals surface area contributed by atoms with Crippen LogP contribution in [0.25, 0.3) is 11.1 Å². The summed E-state index contributed by atoms with van der Waals surface area (Å²) in [5.41, 5.74) is 7.37. The molecular formula is C36H33N3O4. The highest BCUT2D eigenvalue weighted by atomic mass is 16.5. The lowest BCUT2D eigenvalue weighted by molar-refractivity contribution is -0.109. The number of nitrogens with one attached hydrogen (secondary N) is 2. The number of oxime groups is 1. The van der Waals surface area contributed by atoms with Crippen LogP contribution in [0.15, 0.2) is 126 Å². The summed E-state index contributed by atoms with van der Waals surface area (Å²) < 4.78 is 12.5. The van der Waals surface area contributed by atoms with Crippen molar-refractivity contribution in [3.63, 3.8) is 0 Å². The Balaban J connectivity index is 1.34. The fourth-order valence-electron chi connectivity index (χ4n) is 4.88. The maximum absolute atomic E-state index is 11.9. The van der Waals surface area contributed by atoms with Crippen LogP contribution in [0.4, 0.5) is 0 Å². The van der Waals surface area contributed by atoms with Gasteiger partial charge in [-0.25, -0.2) is 0 Å². The third-order valence-corrected chi connectivity index (χ3v) is 7.33. The van der Waals surface area contributed by atoms with E-state index in [0.717, 1.165) is 39.7 Å². The van der Waals surface area contributed by atoms with Gasteiger partial charge in [-0.1, -0.05) is 96.2 Å². The van der Waals surface area contributed by atoms with E-state index in [1.54, 1.807) is 18.2 Å². The predicted molar refractivity (Wildman–Crippen MR) is 169 cm³/mol. The largest absolute Gasteiger partial charge is 0.489 e. The van der Waals surface area contributed by atoms with Crippen molar-refractivity contribution in [3.05, 3.63) is 143 Å². The number of allylic oxidation sites excluding steroid dienone is 2. The highest BCUT2D eigenvalue weighted by Crippen LogP contribution is 2.29. The van der Waals surface area contributed by atoms with Crippen LogP contribution in [-0.4, -0.2) is 29.5 Å². The molecule has 5 rings (SSSR count). The first-order chi connectivity index (χ1) is 21.1. The van der Waals surface area contributed by atoms with E-state index < -0.39 is 6.04 Å². The van der Waals surface area contributed by atoms with Crippen molar-refractivity contribution in [2.45, 2.75) is 26.1 Å². The summed E-state index contributed by atoms with van der Waals surface area (Å²) in [5.74, 6) is 1.24. The van der Waals surface area contributed by atoms with Crippen molar-refractivity contribution in [2.75, 3.05) is 6.61 Å². The van der Waals surface area contributed by atoms with E-state index in [2.05, 4.69) is 41.7 Å². The van der Waals surface area contributed by atoms with E-state index in [1.807, 2.05) is 72.8 Å². The molecule has 7 heteroatoms. The van der Waals surface area contributed by atoms with Gasteiger partial charge in [0, 0.05) is 18.2 Å². The van der Waals surface area contributed by atoms with Gasteiger partial charge < -0.3 is 19.5 Å². The average Bonchev–Trinajstić information content (AvgIpc) is 3.05. The third-order valence-electron chi connectivity index (χ3n) is 7.33. The standard InChI is InChI=1S/C36H33N3O4/c1-25-30(13-8-14-32(25)27-9-4-2-5-10-27)24-42-31-17-16-29(21-38-35(22-40)28-11-6-3-7-12-28)36(20-31)43-23-26-15-18-34(39-41)33(37)19-26/h2-20,22,35,37-38,41H,21,23-24H2,1H3/b37-33?,39-34-. The lowest BCUT2D eigenvalue weighted by atomic mass is 9.97. The van der Waals surface area contributed by atoms with Crippen LogP contribution < -0.4 is 14.8 Å². The smallest absolute Gasteiger partial charge is 0.141 e. The minimum Gasteiger partial charge on any atom is -0.489 e. The van der Waals surface area contributed by atoms with Crippen LogP contribution in [0, 0.1) is 12.3 Å². The summed E-state index contributed by atoms with van der Waals surface area (Å²) >= 11 is 0. The Kier molecular flexibility index (Phi) is 9.56. The van der Waals surface area contributed by atoms with E-state index in [0.29, 0.717) is 24.7 Å². The lowest BCUT2D eigenvalue weighted by Gasteiger charge is -2.18. The number of ether oxygens (including phenoxy) is 2. The van der Waals surface area contributed by atoms with Crippen molar-refractivity contribution in [1.29, 1.82) is 5.41 Å². The van der Waals surface area contributed by atoms with Crippen LogP contribution in [-0.2, 0) is 17.9 Å². The van der Waals surface area contributed by atoms with Gasteiger partial charge in [0.25, 0.3) is 0 Å². The van der Waals surface area contributed by atoms with Gasteiger partial charge in [-0.2, -0.15) is 0 Å². The van der Waals surface area contributed by atoms with E-state index in [9.17, 15) is 4.79 Å². The molecule has 0 aliphatic heterocycles. The molecule has 43 heavy (non-hydrogen) atoms. The first-order valence-corrected chi connectivity index (χ1v) is 14.0. The maximum Gasteiger partial charge on any atom is 0.141 e. The zero-order valence-corrected chi connectivity index (χ0v) is 23.9. The second kappa shape index (κ2) is 14.1. The van der Waals surface area contributed by atoms with Gasteiger partial charge in [0.1, 0.15) is 36.7 Å². The first kappa shape index (κ1) is 29.2. The van der Waals surface area contributed by atoms with Crippen LogP contribution >= 0.6 is 0 Å².